The molecule has 230 valence electrons. The number of hydrogen-bond acceptors (Lipinski definition) is 3. The number of amides is 1. The first-order valence-corrected chi connectivity index (χ1v) is 16.4. The fraction of sp³-hybridized carbons (Fsp3) is 0.139. The molecule has 0 saturated carbocycles. The molecular formula is C36H31Cl2FN2O3S. The van der Waals surface area contributed by atoms with Crippen LogP contribution in [-0.2, 0) is 16.6 Å². The Morgan fingerprint density at radius 2 is 1.44 bits per heavy atom. The van der Waals surface area contributed by atoms with Crippen LogP contribution in [-0.4, -0.2) is 14.3 Å². The van der Waals surface area contributed by atoms with Gasteiger partial charge in [-0.05, 0) is 92.1 Å². The van der Waals surface area contributed by atoms with Crippen LogP contribution in [0, 0.1) is 19.7 Å². The van der Waals surface area contributed by atoms with Crippen molar-refractivity contribution in [2.24, 2.45) is 0 Å². The number of carbonyl (C=O) groups is 1. The number of anilines is 2. The van der Waals surface area contributed by atoms with Crippen molar-refractivity contribution in [1.82, 2.24) is 0 Å². The molecule has 0 radical (unpaired) electrons. The third kappa shape index (κ3) is 7.06. The standard InChI is InChI=1S/C36H31Cl2FN2O3S/c1-24-9-12-28(13-10-24)26(3)41(35-21-25(2)11-20-34(35)39)36(42)32-22-31(18-19-33(32)38)45(43,44)40(23-27-7-5-4-6-8-27)30-16-14-29(37)15-17-30/h4-22,26H,23H2,1-3H3. The number of nitrogens with zero attached hydrogens (tertiary/aromatic N) is 2. The molecule has 0 heterocycles. The molecule has 5 rings (SSSR count). The molecule has 0 spiro atoms. The zero-order valence-electron chi connectivity index (χ0n) is 24.9. The highest BCUT2D eigenvalue weighted by Crippen LogP contribution is 2.35. The predicted molar refractivity (Wildman–Crippen MR) is 180 cm³/mol. The van der Waals surface area contributed by atoms with E-state index in [9.17, 15) is 13.2 Å². The molecule has 1 amide bonds. The highest BCUT2D eigenvalue weighted by atomic mass is 35.5. The number of carbonyl (C=O) groups excluding carboxylic acids is 1. The van der Waals surface area contributed by atoms with Crippen molar-refractivity contribution < 1.29 is 17.6 Å². The summed E-state index contributed by atoms with van der Waals surface area (Å²) in [6.45, 7) is 5.58. The van der Waals surface area contributed by atoms with Crippen LogP contribution in [0.3, 0.4) is 0 Å². The van der Waals surface area contributed by atoms with Gasteiger partial charge in [0.1, 0.15) is 5.82 Å². The lowest BCUT2D eigenvalue weighted by Gasteiger charge is -2.31. The summed E-state index contributed by atoms with van der Waals surface area (Å²) in [6.07, 6.45) is 0. The maximum atomic E-state index is 15.4. The van der Waals surface area contributed by atoms with Gasteiger partial charge in [-0.2, -0.15) is 0 Å². The quantitative estimate of drug-likeness (QED) is 0.158. The molecule has 5 aromatic rings. The van der Waals surface area contributed by atoms with Crippen LogP contribution in [0.4, 0.5) is 15.8 Å². The number of sulfonamides is 1. The molecule has 0 bridgehead atoms. The number of halogens is 3. The fourth-order valence-corrected chi connectivity index (χ4v) is 6.86. The molecule has 0 saturated heterocycles. The summed E-state index contributed by atoms with van der Waals surface area (Å²) in [5.41, 5.74) is 3.69. The van der Waals surface area contributed by atoms with Gasteiger partial charge in [-0.15, -0.1) is 0 Å². The smallest absolute Gasteiger partial charge is 0.264 e. The molecule has 5 nitrogen and oxygen atoms in total. The van der Waals surface area contributed by atoms with E-state index < -0.39 is 27.8 Å². The Morgan fingerprint density at radius 3 is 2.11 bits per heavy atom. The third-order valence-electron chi connectivity index (χ3n) is 7.57. The van der Waals surface area contributed by atoms with Gasteiger partial charge in [0.25, 0.3) is 15.9 Å². The second-order valence-electron chi connectivity index (χ2n) is 10.8. The van der Waals surface area contributed by atoms with Crippen LogP contribution >= 0.6 is 23.2 Å². The summed E-state index contributed by atoms with van der Waals surface area (Å²) in [5.74, 6) is -1.24. The first-order valence-electron chi connectivity index (χ1n) is 14.2. The molecule has 1 unspecified atom stereocenters. The van der Waals surface area contributed by atoms with Gasteiger partial charge in [-0.25, -0.2) is 12.8 Å². The van der Waals surface area contributed by atoms with Crippen molar-refractivity contribution in [2.45, 2.75) is 38.3 Å². The molecule has 0 aliphatic rings. The van der Waals surface area contributed by atoms with Crippen LogP contribution in [0.5, 0.6) is 0 Å². The second kappa shape index (κ2) is 13.4. The van der Waals surface area contributed by atoms with Crippen molar-refractivity contribution in [3.63, 3.8) is 0 Å². The normalized spacial score (nSPS) is 12.0. The highest BCUT2D eigenvalue weighted by molar-refractivity contribution is 7.92. The van der Waals surface area contributed by atoms with Crippen LogP contribution in [0.25, 0.3) is 0 Å². The maximum absolute atomic E-state index is 15.4. The van der Waals surface area contributed by atoms with Crippen molar-refractivity contribution in [3.8, 4) is 0 Å². The van der Waals surface area contributed by atoms with Crippen molar-refractivity contribution in [2.75, 3.05) is 9.21 Å². The predicted octanol–water partition coefficient (Wildman–Crippen LogP) is 9.55. The minimum atomic E-state index is -4.23. The van der Waals surface area contributed by atoms with E-state index in [1.165, 1.54) is 33.5 Å². The molecule has 0 aliphatic carbocycles. The van der Waals surface area contributed by atoms with E-state index in [2.05, 4.69) is 0 Å². The molecule has 45 heavy (non-hydrogen) atoms. The van der Waals surface area contributed by atoms with Crippen molar-refractivity contribution in [1.29, 1.82) is 0 Å². The first-order chi connectivity index (χ1) is 21.5. The monoisotopic (exact) mass is 660 g/mol. The summed E-state index contributed by atoms with van der Waals surface area (Å²) in [5, 5.41) is 0.496. The van der Waals surface area contributed by atoms with Crippen LogP contribution in [0.15, 0.2) is 120 Å². The zero-order valence-corrected chi connectivity index (χ0v) is 27.2. The van der Waals surface area contributed by atoms with Crippen LogP contribution in [0.2, 0.25) is 10.0 Å². The molecule has 0 aliphatic heterocycles. The fourth-order valence-electron chi connectivity index (χ4n) is 5.05. The Bertz CT molecular complexity index is 1930. The Hall–Kier alpha value is -4.17. The number of rotatable bonds is 9. The van der Waals surface area contributed by atoms with E-state index in [1.807, 2.05) is 61.5 Å². The molecule has 0 aromatic heterocycles. The minimum Gasteiger partial charge on any atom is -0.298 e. The van der Waals surface area contributed by atoms with E-state index in [0.717, 1.165) is 22.3 Å². The van der Waals surface area contributed by atoms with Gasteiger partial charge >= 0.3 is 0 Å². The van der Waals surface area contributed by atoms with Gasteiger partial charge < -0.3 is 0 Å². The van der Waals surface area contributed by atoms with E-state index in [1.54, 1.807) is 50.2 Å². The van der Waals surface area contributed by atoms with Gasteiger partial charge in [-0.3, -0.25) is 14.0 Å². The van der Waals surface area contributed by atoms with Gasteiger partial charge in [0.15, 0.2) is 0 Å². The molecule has 5 aromatic carbocycles. The van der Waals surface area contributed by atoms with Gasteiger partial charge in [0.2, 0.25) is 0 Å². The van der Waals surface area contributed by atoms with Crippen LogP contribution < -0.4 is 9.21 Å². The molecule has 0 fully saturated rings. The van der Waals surface area contributed by atoms with E-state index >= 15 is 4.39 Å². The SMILES string of the molecule is Cc1ccc(C(C)N(C(=O)c2cc(S(=O)(=O)N(Cc3ccccc3)c3ccc(Cl)cc3)ccc2Cl)c2cc(C)ccc2F)cc1. The second-order valence-corrected chi connectivity index (χ2v) is 13.5. The van der Waals surface area contributed by atoms with Gasteiger partial charge in [-0.1, -0.05) is 89.4 Å². The van der Waals surface area contributed by atoms with Crippen molar-refractivity contribution in [3.05, 3.63) is 159 Å². The average molecular weight is 662 g/mol. The third-order valence-corrected chi connectivity index (χ3v) is 9.92. The summed E-state index contributed by atoms with van der Waals surface area (Å²) >= 11 is 12.7. The zero-order chi connectivity index (χ0) is 32.3. The topological polar surface area (TPSA) is 57.7 Å². The molecule has 9 heteroatoms. The summed E-state index contributed by atoms with van der Waals surface area (Å²) in [6, 6.07) is 31.1. The van der Waals surface area contributed by atoms with Gasteiger partial charge in [0.05, 0.1) is 39.4 Å². The van der Waals surface area contributed by atoms with E-state index in [4.69, 9.17) is 23.2 Å². The maximum Gasteiger partial charge on any atom is 0.264 e. The van der Waals surface area contributed by atoms with Gasteiger partial charge in [0, 0.05) is 5.02 Å². The Labute approximate surface area is 273 Å². The Balaban J connectivity index is 1.62. The minimum absolute atomic E-state index is 0.0296. The lowest BCUT2D eigenvalue weighted by molar-refractivity contribution is 0.0977. The largest absolute Gasteiger partial charge is 0.298 e. The highest BCUT2D eigenvalue weighted by Gasteiger charge is 2.31. The number of hydrogen-bond donors (Lipinski definition) is 0. The lowest BCUT2D eigenvalue weighted by atomic mass is 10.0. The molecular weight excluding hydrogens is 630 g/mol. The summed E-state index contributed by atoms with van der Waals surface area (Å²) in [7, 11) is -4.23. The molecule has 0 N–H and O–H groups in total. The average Bonchev–Trinajstić information content (AvgIpc) is 3.03. The Morgan fingerprint density at radius 1 is 0.800 bits per heavy atom. The number of benzene rings is 5. The van der Waals surface area contributed by atoms with E-state index in [-0.39, 0.29) is 27.7 Å². The first kappa shape index (κ1) is 32.2. The molecule has 1 atom stereocenters. The Kier molecular flexibility index (Phi) is 9.63. The van der Waals surface area contributed by atoms with E-state index in [0.29, 0.717) is 10.7 Å². The lowest BCUT2D eigenvalue weighted by Crippen LogP contribution is -2.35. The van der Waals surface area contributed by atoms with Crippen molar-refractivity contribution >= 4 is 50.5 Å². The van der Waals surface area contributed by atoms with Crippen LogP contribution in [0.1, 0.15) is 45.6 Å². The summed E-state index contributed by atoms with van der Waals surface area (Å²) < 4.78 is 45.2. The number of aryl methyl sites for hydroxylation is 2. The summed E-state index contributed by atoms with van der Waals surface area (Å²) in [4.78, 5) is 15.6.